The average molecular weight is 298 g/mol. The number of hydrogen-bond donors (Lipinski definition) is 2. The molecule has 1 unspecified atom stereocenters. The zero-order valence-electron chi connectivity index (χ0n) is 12.3. The van der Waals surface area contributed by atoms with E-state index in [4.69, 9.17) is 9.84 Å². The number of likely N-dealkylation sites (tertiary alicyclic amines) is 1. The van der Waals surface area contributed by atoms with Gasteiger partial charge in [-0.2, -0.15) is 0 Å². The standard InChI is InChI=1S/C14H22N2O5/c1-21-12(19)10-4-2-7-16(10)13(20)15-9-14(5-3-6-14)8-11(17)18/h10H,2-9H2,1H3,(H,15,20)(H,17,18). The van der Waals surface area contributed by atoms with Crippen molar-refractivity contribution < 1.29 is 24.2 Å². The maximum absolute atomic E-state index is 12.2. The Hall–Kier alpha value is -1.79. The number of carbonyl (C=O) groups is 3. The van der Waals surface area contributed by atoms with Gasteiger partial charge in [-0.05, 0) is 31.1 Å². The lowest BCUT2D eigenvalue weighted by Crippen LogP contribution is -2.50. The largest absolute Gasteiger partial charge is 0.481 e. The molecule has 2 rings (SSSR count). The van der Waals surface area contributed by atoms with E-state index < -0.39 is 18.0 Å². The van der Waals surface area contributed by atoms with Gasteiger partial charge in [0, 0.05) is 13.1 Å². The Balaban J connectivity index is 1.89. The number of esters is 1. The molecule has 0 aromatic rings. The van der Waals surface area contributed by atoms with Gasteiger partial charge >= 0.3 is 18.0 Å². The van der Waals surface area contributed by atoms with Crippen LogP contribution in [0.25, 0.3) is 0 Å². The van der Waals surface area contributed by atoms with Crippen molar-refractivity contribution >= 4 is 18.0 Å². The summed E-state index contributed by atoms with van der Waals surface area (Å²) in [5.74, 6) is -1.23. The molecule has 2 N–H and O–H groups in total. The summed E-state index contributed by atoms with van der Waals surface area (Å²) in [7, 11) is 1.31. The Bertz CT molecular complexity index is 433. The summed E-state index contributed by atoms with van der Waals surface area (Å²) < 4.78 is 4.71. The van der Waals surface area contributed by atoms with Crippen LogP contribution in [-0.4, -0.2) is 54.2 Å². The molecule has 0 aromatic heterocycles. The van der Waals surface area contributed by atoms with Crippen molar-refractivity contribution in [2.45, 2.75) is 44.6 Å². The molecule has 2 aliphatic rings. The van der Waals surface area contributed by atoms with Gasteiger partial charge < -0.3 is 20.1 Å². The highest BCUT2D eigenvalue weighted by atomic mass is 16.5. The highest BCUT2D eigenvalue weighted by molar-refractivity contribution is 5.84. The minimum Gasteiger partial charge on any atom is -0.481 e. The molecule has 0 bridgehead atoms. The van der Waals surface area contributed by atoms with Crippen LogP contribution in [-0.2, 0) is 14.3 Å². The molecular weight excluding hydrogens is 276 g/mol. The number of carboxylic acids is 1. The average Bonchev–Trinajstić information content (AvgIpc) is 2.89. The number of carboxylic acid groups (broad SMARTS) is 1. The smallest absolute Gasteiger partial charge is 0.328 e. The van der Waals surface area contributed by atoms with Crippen molar-refractivity contribution in [2.75, 3.05) is 20.2 Å². The third kappa shape index (κ3) is 3.46. The molecule has 7 nitrogen and oxygen atoms in total. The van der Waals surface area contributed by atoms with Crippen molar-refractivity contribution in [3.8, 4) is 0 Å². The zero-order valence-corrected chi connectivity index (χ0v) is 12.3. The van der Waals surface area contributed by atoms with Gasteiger partial charge in [-0.3, -0.25) is 4.79 Å². The van der Waals surface area contributed by atoms with Gasteiger partial charge in [-0.1, -0.05) is 6.42 Å². The highest BCUT2D eigenvalue weighted by Gasteiger charge is 2.41. The van der Waals surface area contributed by atoms with E-state index in [1.165, 1.54) is 12.0 Å². The fraction of sp³-hybridized carbons (Fsp3) is 0.786. The lowest BCUT2D eigenvalue weighted by Gasteiger charge is -2.41. The molecule has 21 heavy (non-hydrogen) atoms. The number of ether oxygens (including phenoxy) is 1. The second-order valence-corrected chi connectivity index (χ2v) is 5.96. The molecule has 0 aromatic carbocycles. The predicted molar refractivity (Wildman–Crippen MR) is 73.7 cm³/mol. The SMILES string of the molecule is COC(=O)C1CCCN1C(=O)NCC1(CC(=O)O)CCC1. The lowest BCUT2D eigenvalue weighted by atomic mass is 9.66. The number of aliphatic carboxylic acids is 1. The summed E-state index contributed by atoms with van der Waals surface area (Å²) in [6, 6.07) is -0.827. The molecule has 1 saturated heterocycles. The number of nitrogens with one attached hydrogen (secondary N) is 1. The van der Waals surface area contributed by atoms with Crippen molar-refractivity contribution in [3.63, 3.8) is 0 Å². The van der Waals surface area contributed by atoms with Gasteiger partial charge in [0.1, 0.15) is 6.04 Å². The van der Waals surface area contributed by atoms with Crippen molar-refractivity contribution in [3.05, 3.63) is 0 Å². The van der Waals surface area contributed by atoms with E-state index in [2.05, 4.69) is 5.32 Å². The van der Waals surface area contributed by atoms with Crippen molar-refractivity contribution in [1.82, 2.24) is 10.2 Å². The summed E-state index contributed by atoms with van der Waals surface area (Å²) in [6.45, 7) is 0.875. The third-order valence-corrected chi connectivity index (χ3v) is 4.54. The zero-order chi connectivity index (χ0) is 15.5. The minimum atomic E-state index is -0.836. The van der Waals surface area contributed by atoms with E-state index in [-0.39, 0.29) is 17.9 Å². The van der Waals surface area contributed by atoms with Crippen LogP contribution in [0.5, 0.6) is 0 Å². The van der Waals surface area contributed by atoms with Crippen LogP contribution in [0, 0.1) is 5.41 Å². The second-order valence-electron chi connectivity index (χ2n) is 5.96. The minimum absolute atomic E-state index is 0.0771. The Morgan fingerprint density at radius 1 is 1.33 bits per heavy atom. The molecule has 118 valence electrons. The monoisotopic (exact) mass is 298 g/mol. The van der Waals surface area contributed by atoms with E-state index in [1.54, 1.807) is 0 Å². The van der Waals surface area contributed by atoms with Crippen LogP contribution < -0.4 is 5.32 Å². The number of rotatable bonds is 5. The summed E-state index contributed by atoms with van der Waals surface area (Å²) in [5.41, 5.74) is -0.317. The normalized spacial score (nSPS) is 23.3. The molecule has 1 aliphatic heterocycles. The number of amides is 2. The van der Waals surface area contributed by atoms with Crippen LogP contribution in [0.3, 0.4) is 0 Å². The molecule has 2 fully saturated rings. The second kappa shape index (κ2) is 6.32. The Labute approximate surface area is 123 Å². The van der Waals surface area contributed by atoms with Crippen LogP contribution in [0.4, 0.5) is 4.79 Å². The molecule has 2 amide bonds. The van der Waals surface area contributed by atoms with E-state index in [0.29, 0.717) is 19.5 Å². The highest BCUT2D eigenvalue weighted by Crippen LogP contribution is 2.43. The summed E-state index contributed by atoms with van der Waals surface area (Å²) in [6.07, 6.45) is 4.10. The maximum atomic E-state index is 12.2. The fourth-order valence-electron chi connectivity index (χ4n) is 3.17. The number of hydrogen-bond acceptors (Lipinski definition) is 4. The Morgan fingerprint density at radius 2 is 2.05 bits per heavy atom. The van der Waals surface area contributed by atoms with Crippen LogP contribution in [0.15, 0.2) is 0 Å². The molecule has 7 heteroatoms. The van der Waals surface area contributed by atoms with Crippen molar-refractivity contribution in [1.29, 1.82) is 0 Å². The lowest BCUT2D eigenvalue weighted by molar-refractivity contribution is -0.145. The van der Waals surface area contributed by atoms with E-state index >= 15 is 0 Å². The third-order valence-electron chi connectivity index (χ3n) is 4.54. The molecule has 1 aliphatic carbocycles. The first kappa shape index (κ1) is 15.6. The number of methoxy groups -OCH3 is 1. The van der Waals surface area contributed by atoms with Gasteiger partial charge in [0.2, 0.25) is 0 Å². The summed E-state index contributed by atoms with van der Waals surface area (Å²) in [4.78, 5) is 36.2. The van der Waals surface area contributed by atoms with Gasteiger partial charge in [-0.25, -0.2) is 9.59 Å². The first-order chi connectivity index (χ1) is 9.97. The van der Waals surface area contributed by atoms with Gasteiger partial charge in [0.15, 0.2) is 0 Å². The van der Waals surface area contributed by atoms with Gasteiger partial charge in [0.25, 0.3) is 0 Å². The summed E-state index contributed by atoms with van der Waals surface area (Å²) in [5, 5.41) is 11.8. The topological polar surface area (TPSA) is 95.9 Å². The van der Waals surface area contributed by atoms with E-state index in [0.717, 1.165) is 25.7 Å². The number of urea groups is 1. The molecule has 0 spiro atoms. The predicted octanol–water partition coefficient (Wildman–Crippen LogP) is 0.978. The number of carbonyl (C=O) groups excluding carboxylic acids is 2. The maximum Gasteiger partial charge on any atom is 0.328 e. The summed E-state index contributed by atoms with van der Waals surface area (Å²) >= 11 is 0. The molecule has 1 saturated carbocycles. The van der Waals surface area contributed by atoms with E-state index in [9.17, 15) is 14.4 Å². The van der Waals surface area contributed by atoms with Crippen LogP contribution >= 0.6 is 0 Å². The van der Waals surface area contributed by atoms with Gasteiger partial charge in [0.05, 0.1) is 13.5 Å². The first-order valence-electron chi connectivity index (χ1n) is 7.31. The molecule has 1 heterocycles. The first-order valence-corrected chi connectivity index (χ1v) is 7.31. The Morgan fingerprint density at radius 3 is 2.57 bits per heavy atom. The fourth-order valence-corrected chi connectivity index (χ4v) is 3.17. The molecule has 1 atom stereocenters. The number of nitrogens with zero attached hydrogens (tertiary/aromatic N) is 1. The molecule has 0 radical (unpaired) electrons. The van der Waals surface area contributed by atoms with Crippen LogP contribution in [0.1, 0.15) is 38.5 Å². The van der Waals surface area contributed by atoms with E-state index in [1.807, 2.05) is 0 Å². The van der Waals surface area contributed by atoms with Gasteiger partial charge in [-0.15, -0.1) is 0 Å². The Kier molecular flexibility index (Phi) is 4.69. The van der Waals surface area contributed by atoms with Crippen molar-refractivity contribution in [2.24, 2.45) is 5.41 Å². The molecular formula is C14H22N2O5. The van der Waals surface area contributed by atoms with Crippen LogP contribution in [0.2, 0.25) is 0 Å². The quantitative estimate of drug-likeness (QED) is 0.738.